The fourth-order valence-electron chi connectivity index (χ4n) is 3.10. The van der Waals surface area contributed by atoms with Gasteiger partial charge in [-0.3, -0.25) is 9.58 Å². The molecule has 0 N–H and O–H groups in total. The van der Waals surface area contributed by atoms with Crippen LogP contribution in [-0.4, -0.2) is 37.3 Å². The molecular weight excluding hydrogens is 314 g/mol. The summed E-state index contributed by atoms with van der Waals surface area (Å²) in [5, 5.41) is 4.41. The summed E-state index contributed by atoms with van der Waals surface area (Å²) in [6.45, 7) is 5.64. The minimum atomic E-state index is 0.486. The topological polar surface area (TPSA) is 48.1 Å². The highest BCUT2D eigenvalue weighted by Gasteiger charge is 2.28. The predicted molar refractivity (Wildman–Crippen MR) is 95.3 cm³/mol. The van der Waals surface area contributed by atoms with E-state index in [1.807, 2.05) is 36.1 Å². The molecule has 6 heteroatoms. The molecule has 3 aromatic rings. The fourth-order valence-corrected chi connectivity index (χ4v) is 3.10. The number of imidazole rings is 1. The third-order valence-electron chi connectivity index (χ3n) is 4.66. The van der Waals surface area contributed by atoms with Gasteiger partial charge in [-0.1, -0.05) is 12.1 Å². The smallest absolute Gasteiger partial charge is 0.146 e. The number of rotatable bonds is 6. The fraction of sp³-hybridized carbons (Fsp3) is 0.368. The van der Waals surface area contributed by atoms with E-state index in [0.29, 0.717) is 12.6 Å². The molecule has 0 amide bonds. The van der Waals surface area contributed by atoms with Crippen LogP contribution in [0.2, 0.25) is 0 Å². The Bertz CT molecular complexity index is 830. The summed E-state index contributed by atoms with van der Waals surface area (Å²) in [5.41, 5.74) is 2.53. The first-order valence-electron chi connectivity index (χ1n) is 8.58. The molecule has 1 fully saturated rings. The molecule has 1 aliphatic rings. The zero-order chi connectivity index (χ0) is 17.2. The third kappa shape index (κ3) is 3.58. The normalized spacial score (nSPS) is 15.3. The van der Waals surface area contributed by atoms with Crippen LogP contribution in [-0.2, 0) is 20.2 Å². The molecule has 0 radical (unpaired) electrons. The van der Waals surface area contributed by atoms with E-state index in [2.05, 4.69) is 44.9 Å². The lowest BCUT2D eigenvalue weighted by atomic mass is 10.1. The number of aryl methyl sites for hydroxylation is 2. The average Bonchev–Trinajstić information content (AvgIpc) is 3.18. The molecule has 0 atom stereocenters. The van der Waals surface area contributed by atoms with Crippen LogP contribution in [0.5, 0.6) is 5.75 Å². The van der Waals surface area contributed by atoms with Gasteiger partial charge in [0.1, 0.15) is 18.2 Å². The molecule has 2 aromatic heterocycles. The summed E-state index contributed by atoms with van der Waals surface area (Å²) in [5.74, 6) is 1.80. The van der Waals surface area contributed by atoms with E-state index in [9.17, 15) is 0 Å². The molecule has 25 heavy (non-hydrogen) atoms. The molecule has 4 rings (SSSR count). The number of aromatic nitrogens is 4. The lowest BCUT2D eigenvalue weighted by molar-refractivity contribution is 0.0908. The van der Waals surface area contributed by atoms with Crippen molar-refractivity contribution in [3.05, 3.63) is 66.0 Å². The van der Waals surface area contributed by atoms with Crippen molar-refractivity contribution in [2.24, 2.45) is 7.05 Å². The van der Waals surface area contributed by atoms with Crippen LogP contribution in [0.3, 0.4) is 0 Å². The van der Waals surface area contributed by atoms with Crippen molar-refractivity contribution in [2.45, 2.75) is 26.1 Å². The van der Waals surface area contributed by atoms with Crippen LogP contribution in [0.1, 0.15) is 23.0 Å². The number of nitrogens with zero attached hydrogens (tertiary/aromatic N) is 5. The minimum absolute atomic E-state index is 0.486. The zero-order valence-electron chi connectivity index (χ0n) is 14.7. The third-order valence-corrected chi connectivity index (χ3v) is 4.66. The number of hydrogen-bond acceptors (Lipinski definition) is 4. The van der Waals surface area contributed by atoms with E-state index < -0.39 is 0 Å². The van der Waals surface area contributed by atoms with Crippen LogP contribution < -0.4 is 4.74 Å². The lowest BCUT2D eigenvalue weighted by Gasteiger charge is -2.39. The van der Waals surface area contributed by atoms with Crippen molar-refractivity contribution in [3.63, 3.8) is 0 Å². The molecule has 3 heterocycles. The second kappa shape index (κ2) is 6.72. The Morgan fingerprint density at radius 1 is 1.20 bits per heavy atom. The van der Waals surface area contributed by atoms with Crippen molar-refractivity contribution in [3.8, 4) is 5.75 Å². The predicted octanol–water partition coefficient (Wildman–Crippen LogP) is 2.56. The van der Waals surface area contributed by atoms with Gasteiger partial charge in [0.2, 0.25) is 0 Å². The van der Waals surface area contributed by atoms with E-state index >= 15 is 0 Å². The van der Waals surface area contributed by atoms with Gasteiger partial charge in [0.15, 0.2) is 0 Å². The standard InChI is InChI=1S/C19H23N5O/c1-15-9-21-24(10-15)17-12-23(13-17)11-16-3-5-18(6-4-16)25-14-19-20-7-8-22(19)2/h3-10,17H,11-14H2,1-2H3. The second-order valence-corrected chi connectivity index (χ2v) is 6.73. The largest absolute Gasteiger partial charge is 0.486 e. The molecule has 1 aromatic carbocycles. The number of likely N-dealkylation sites (tertiary alicyclic amines) is 1. The summed E-state index contributed by atoms with van der Waals surface area (Å²) in [6.07, 6.45) is 7.75. The molecule has 6 nitrogen and oxygen atoms in total. The minimum Gasteiger partial charge on any atom is -0.486 e. The van der Waals surface area contributed by atoms with Crippen molar-refractivity contribution in [1.29, 1.82) is 0 Å². The maximum Gasteiger partial charge on any atom is 0.146 e. The maximum atomic E-state index is 5.80. The molecule has 1 aliphatic heterocycles. The van der Waals surface area contributed by atoms with Gasteiger partial charge >= 0.3 is 0 Å². The Balaban J connectivity index is 1.26. The van der Waals surface area contributed by atoms with Gasteiger partial charge in [0.05, 0.1) is 12.2 Å². The van der Waals surface area contributed by atoms with E-state index in [4.69, 9.17) is 4.74 Å². The zero-order valence-corrected chi connectivity index (χ0v) is 14.7. The van der Waals surface area contributed by atoms with Crippen molar-refractivity contribution >= 4 is 0 Å². The molecule has 0 bridgehead atoms. The summed E-state index contributed by atoms with van der Waals surface area (Å²) in [6, 6.07) is 8.85. The average molecular weight is 337 g/mol. The first kappa shape index (κ1) is 15.9. The first-order chi connectivity index (χ1) is 12.2. The van der Waals surface area contributed by atoms with Gasteiger partial charge in [-0.2, -0.15) is 5.10 Å². The van der Waals surface area contributed by atoms with Gasteiger partial charge in [0.25, 0.3) is 0 Å². The highest BCUT2D eigenvalue weighted by molar-refractivity contribution is 5.27. The molecule has 1 saturated heterocycles. The van der Waals surface area contributed by atoms with Crippen LogP contribution in [0.25, 0.3) is 0 Å². The SMILES string of the molecule is Cc1cnn(C2CN(Cc3ccc(OCc4nccn4C)cc3)C2)c1. The number of benzene rings is 1. The monoisotopic (exact) mass is 337 g/mol. The summed E-state index contributed by atoms with van der Waals surface area (Å²) in [4.78, 5) is 6.70. The molecule has 0 aliphatic carbocycles. The van der Waals surface area contributed by atoms with Gasteiger partial charge in [-0.15, -0.1) is 0 Å². The van der Waals surface area contributed by atoms with Crippen molar-refractivity contribution < 1.29 is 4.74 Å². The molecule has 0 spiro atoms. The second-order valence-electron chi connectivity index (χ2n) is 6.73. The van der Waals surface area contributed by atoms with E-state index in [1.54, 1.807) is 6.20 Å². The van der Waals surface area contributed by atoms with Crippen LogP contribution in [0.4, 0.5) is 0 Å². The molecular formula is C19H23N5O. The highest BCUT2D eigenvalue weighted by Crippen LogP contribution is 2.23. The highest BCUT2D eigenvalue weighted by atomic mass is 16.5. The van der Waals surface area contributed by atoms with Gasteiger partial charge in [-0.05, 0) is 30.2 Å². The van der Waals surface area contributed by atoms with Gasteiger partial charge in [-0.25, -0.2) is 4.98 Å². The van der Waals surface area contributed by atoms with Gasteiger partial charge < -0.3 is 9.30 Å². The first-order valence-corrected chi connectivity index (χ1v) is 8.58. The summed E-state index contributed by atoms with van der Waals surface area (Å²) in [7, 11) is 1.97. The lowest BCUT2D eigenvalue weighted by Crippen LogP contribution is -2.47. The van der Waals surface area contributed by atoms with Gasteiger partial charge in [0, 0.05) is 45.3 Å². The van der Waals surface area contributed by atoms with E-state index in [0.717, 1.165) is 31.2 Å². The van der Waals surface area contributed by atoms with Crippen LogP contribution in [0.15, 0.2) is 49.1 Å². The summed E-state index contributed by atoms with van der Waals surface area (Å²) < 4.78 is 9.85. The van der Waals surface area contributed by atoms with Crippen LogP contribution >= 0.6 is 0 Å². The molecule has 0 unspecified atom stereocenters. The Labute approximate surface area is 147 Å². The van der Waals surface area contributed by atoms with Crippen LogP contribution in [0, 0.1) is 6.92 Å². The van der Waals surface area contributed by atoms with Crippen molar-refractivity contribution in [2.75, 3.05) is 13.1 Å². The summed E-state index contributed by atoms with van der Waals surface area (Å²) >= 11 is 0. The van der Waals surface area contributed by atoms with E-state index in [-0.39, 0.29) is 0 Å². The van der Waals surface area contributed by atoms with E-state index in [1.165, 1.54) is 11.1 Å². The number of ether oxygens (including phenoxy) is 1. The maximum absolute atomic E-state index is 5.80. The number of hydrogen-bond donors (Lipinski definition) is 0. The molecule has 0 saturated carbocycles. The van der Waals surface area contributed by atoms with Crippen molar-refractivity contribution in [1.82, 2.24) is 24.2 Å². The Morgan fingerprint density at radius 3 is 2.64 bits per heavy atom. The Hall–Kier alpha value is -2.60. The molecule has 130 valence electrons. The quantitative estimate of drug-likeness (QED) is 0.694. The Kier molecular flexibility index (Phi) is 4.28. The Morgan fingerprint density at radius 2 is 2.00 bits per heavy atom.